The molecule has 1 rings (SSSR count). The van der Waals surface area contributed by atoms with Crippen LogP contribution in [0.3, 0.4) is 0 Å². The highest BCUT2D eigenvalue weighted by Crippen LogP contribution is 2.35. The SMILES string of the molecule is CCOC(=O)Cc1cnc(OC)c(Br)c1C(F)F. The van der Waals surface area contributed by atoms with E-state index in [1.165, 1.54) is 13.3 Å². The normalized spacial score (nSPS) is 10.6. The Bertz CT molecular complexity index is 441. The van der Waals surface area contributed by atoms with E-state index < -0.39 is 12.4 Å². The molecule has 4 nitrogen and oxygen atoms in total. The third-order valence-corrected chi connectivity index (χ3v) is 2.93. The molecule has 1 heterocycles. The van der Waals surface area contributed by atoms with Gasteiger partial charge in [-0.15, -0.1) is 0 Å². The number of hydrogen-bond acceptors (Lipinski definition) is 4. The predicted octanol–water partition coefficient (Wildman–Crippen LogP) is 2.90. The highest BCUT2D eigenvalue weighted by Gasteiger charge is 2.22. The van der Waals surface area contributed by atoms with Crippen molar-refractivity contribution in [2.45, 2.75) is 19.8 Å². The number of rotatable bonds is 5. The summed E-state index contributed by atoms with van der Waals surface area (Å²) in [5.41, 5.74) is -0.175. The minimum absolute atomic E-state index is 0.0536. The molecule has 0 atom stereocenters. The molecule has 0 aliphatic carbocycles. The van der Waals surface area contributed by atoms with Crippen LogP contribution >= 0.6 is 15.9 Å². The fourth-order valence-corrected chi connectivity index (χ4v) is 2.10. The number of nitrogens with zero attached hydrogens (tertiary/aromatic N) is 1. The molecule has 0 fully saturated rings. The average Bonchev–Trinajstić information content (AvgIpc) is 2.29. The Labute approximate surface area is 111 Å². The average molecular weight is 324 g/mol. The van der Waals surface area contributed by atoms with E-state index >= 15 is 0 Å². The zero-order valence-electron chi connectivity index (χ0n) is 9.87. The molecular formula is C11H12BrF2NO3. The van der Waals surface area contributed by atoms with E-state index in [-0.39, 0.29) is 34.5 Å². The van der Waals surface area contributed by atoms with Gasteiger partial charge >= 0.3 is 5.97 Å². The van der Waals surface area contributed by atoms with E-state index in [2.05, 4.69) is 20.9 Å². The maximum atomic E-state index is 13.0. The maximum Gasteiger partial charge on any atom is 0.310 e. The fraction of sp³-hybridized carbons (Fsp3) is 0.455. The van der Waals surface area contributed by atoms with Gasteiger partial charge in [-0.1, -0.05) is 0 Å². The van der Waals surface area contributed by atoms with Crippen molar-refractivity contribution in [2.24, 2.45) is 0 Å². The van der Waals surface area contributed by atoms with Gasteiger partial charge in [0.05, 0.1) is 24.6 Å². The van der Waals surface area contributed by atoms with Crippen LogP contribution in [-0.2, 0) is 16.0 Å². The van der Waals surface area contributed by atoms with Crippen molar-refractivity contribution in [3.8, 4) is 5.88 Å². The molecule has 0 radical (unpaired) electrons. The third kappa shape index (κ3) is 3.38. The van der Waals surface area contributed by atoms with Gasteiger partial charge in [-0.05, 0) is 28.4 Å². The van der Waals surface area contributed by atoms with Crippen molar-refractivity contribution in [3.05, 3.63) is 21.8 Å². The Kier molecular flexibility index (Phi) is 5.46. The monoisotopic (exact) mass is 323 g/mol. The molecule has 0 saturated carbocycles. The smallest absolute Gasteiger partial charge is 0.310 e. The number of alkyl halides is 2. The highest BCUT2D eigenvalue weighted by molar-refractivity contribution is 9.10. The van der Waals surface area contributed by atoms with Gasteiger partial charge in [0.1, 0.15) is 0 Å². The van der Waals surface area contributed by atoms with Gasteiger partial charge in [-0.25, -0.2) is 13.8 Å². The molecule has 1 aromatic heterocycles. The molecule has 18 heavy (non-hydrogen) atoms. The zero-order valence-corrected chi connectivity index (χ0v) is 11.5. The first kappa shape index (κ1) is 14.8. The number of carbonyl (C=O) groups is 1. The molecule has 0 spiro atoms. The van der Waals surface area contributed by atoms with E-state index in [9.17, 15) is 13.6 Å². The van der Waals surface area contributed by atoms with E-state index in [1.807, 2.05) is 0 Å². The molecule has 7 heteroatoms. The first-order chi connectivity index (χ1) is 8.51. The summed E-state index contributed by atoms with van der Waals surface area (Å²) in [7, 11) is 1.33. The predicted molar refractivity (Wildman–Crippen MR) is 63.8 cm³/mol. The Balaban J connectivity index is 3.11. The number of methoxy groups -OCH3 is 1. The minimum atomic E-state index is -2.74. The minimum Gasteiger partial charge on any atom is -0.480 e. The molecule has 0 bridgehead atoms. The first-order valence-electron chi connectivity index (χ1n) is 5.16. The van der Waals surface area contributed by atoms with Gasteiger partial charge in [0.25, 0.3) is 6.43 Å². The molecule has 0 N–H and O–H groups in total. The fourth-order valence-electron chi connectivity index (χ4n) is 1.41. The van der Waals surface area contributed by atoms with Gasteiger partial charge in [0.2, 0.25) is 5.88 Å². The summed E-state index contributed by atoms with van der Waals surface area (Å²) in [4.78, 5) is 15.2. The van der Waals surface area contributed by atoms with Crippen molar-refractivity contribution >= 4 is 21.9 Å². The summed E-state index contributed by atoms with van der Waals surface area (Å²) in [6.45, 7) is 1.85. The van der Waals surface area contributed by atoms with Gasteiger partial charge < -0.3 is 9.47 Å². The summed E-state index contributed by atoms with van der Waals surface area (Å²) in [6, 6.07) is 0. The Morgan fingerprint density at radius 2 is 2.22 bits per heavy atom. The van der Waals surface area contributed by atoms with Gasteiger partial charge in [0.15, 0.2) is 0 Å². The van der Waals surface area contributed by atoms with Crippen LogP contribution in [0.5, 0.6) is 5.88 Å². The number of hydrogen-bond donors (Lipinski definition) is 0. The van der Waals surface area contributed by atoms with Crippen LogP contribution in [0.1, 0.15) is 24.5 Å². The van der Waals surface area contributed by atoms with Crippen molar-refractivity contribution in [1.29, 1.82) is 0 Å². The van der Waals surface area contributed by atoms with Crippen molar-refractivity contribution in [3.63, 3.8) is 0 Å². The van der Waals surface area contributed by atoms with Gasteiger partial charge in [0, 0.05) is 11.8 Å². The van der Waals surface area contributed by atoms with Crippen LogP contribution in [0.15, 0.2) is 10.7 Å². The van der Waals surface area contributed by atoms with Crippen molar-refractivity contribution in [1.82, 2.24) is 4.98 Å². The standard InChI is InChI=1S/C11H12BrF2NO3/c1-3-18-7(16)4-6-5-15-11(17-2)9(12)8(6)10(13)14/h5,10H,3-4H2,1-2H3. The van der Waals surface area contributed by atoms with E-state index in [0.717, 1.165) is 0 Å². The molecular weight excluding hydrogens is 312 g/mol. The van der Waals surface area contributed by atoms with Gasteiger partial charge in [-0.3, -0.25) is 4.79 Å². The maximum absolute atomic E-state index is 13.0. The number of esters is 1. The Hall–Kier alpha value is -1.24. The summed E-state index contributed by atoms with van der Waals surface area (Å²) in [6.07, 6.45) is -1.79. The molecule has 1 aromatic rings. The number of aromatic nitrogens is 1. The highest BCUT2D eigenvalue weighted by atomic mass is 79.9. The topological polar surface area (TPSA) is 48.4 Å². The van der Waals surface area contributed by atoms with Crippen LogP contribution in [0, 0.1) is 0 Å². The van der Waals surface area contributed by atoms with E-state index in [0.29, 0.717) is 0 Å². The second-order valence-electron chi connectivity index (χ2n) is 3.30. The molecule has 0 aliphatic heterocycles. The lowest BCUT2D eigenvalue weighted by Crippen LogP contribution is -2.11. The second-order valence-corrected chi connectivity index (χ2v) is 4.10. The van der Waals surface area contributed by atoms with E-state index in [1.54, 1.807) is 6.92 Å². The number of halogens is 3. The summed E-state index contributed by atoms with van der Waals surface area (Å²) in [5, 5.41) is 0. The Morgan fingerprint density at radius 3 is 2.72 bits per heavy atom. The zero-order chi connectivity index (χ0) is 13.7. The molecule has 0 amide bonds. The van der Waals surface area contributed by atoms with Crippen LogP contribution in [0.4, 0.5) is 8.78 Å². The van der Waals surface area contributed by atoms with Crippen LogP contribution in [0.2, 0.25) is 0 Å². The lowest BCUT2D eigenvalue weighted by molar-refractivity contribution is -0.142. The summed E-state index contributed by atoms with van der Waals surface area (Å²) in [5.74, 6) is -0.517. The number of pyridine rings is 1. The largest absolute Gasteiger partial charge is 0.480 e. The quantitative estimate of drug-likeness (QED) is 0.782. The van der Waals surface area contributed by atoms with Crippen LogP contribution in [-0.4, -0.2) is 24.7 Å². The number of ether oxygens (including phenoxy) is 2. The van der Waals surface area contributed by atoms with E-state index in [4.69, 9.17) is 9.47 Å². The lowest BCUT2D eigenvalue weighted by atomic mass is 10.1. The molecule has 0 aliphatic rings. The van der Waals surface area contributed by atoms with Crippen molar-refractivity contribution < 1.29 is 23.0 Å². The summed E-state index contributed by atoms with van der Waals surface area (Å²) >= 11 is 3.00. The van der Waals surface area contributed by atoms with Gasteiger partial charge in [-0.2, -0.15) is 0 Å². The second kappa shape index (κ2) is 6.63. The lowest BCUT2D eigenvalue weighted by Gasteiger charge is -2.12. The number of carbonyl (C=O) groups excluding carboxylic acids is 1. The van der Waals surface area contributed by atoms with Crippen LogP contribution in [0.25, 0.3) is 0 Å². The third-order valence-electron chi connectivity index (χ3n) is 2.16. The van der Waals surface area contributed by atoms with Crippen LogP contribution < -0.4 is 4.74 Å². The first-order valence-corrected chi connectivity index (χ1v) is 5.95. The molecule has 100 valence electrons. The van der Waals surface area contributed by atoms with Crippen molar-refractivity contribution in [2.75, 3.05) is 13.7 Å². The molecule has 0 saturated heterocycles. The Morgan fingerprint density at radius 1 is 1.56 bits per heavy atom. The summed E-state index contributed by atoms with van der Waals surface area (Å²) < 4.78 is 35.6. The molecule has 0 aromatic carbocycles. The molecule has 0 unspecified atom stereocenters.